The first-order chi connectivity index (χ1) is 15.3. The Morgan fingerprint density at radius 3 is 2.69 bits per heavy atom. The van der Waals surface area contributed by atoms with Crippen LogP contribution in [-0.2, 0) is 14.3 Å². The molecule has 0 heterocycles. The molecule has 1 aliphatic rings. The van der Waals surface area contributed by atoms with Crippen molar-refractivity contribution in [2.75, 3.05) is 13.2 Å². The molecule has 1 rings (SSSR count). The molecular weight excluding hydrogens is 424 g/mol. The third-order valence-corrected chi connectivity index (χ3v) is 5.71. The summed E-state index contributed by atoms with van der Waals surface area (Å²) in [4.78, 5) is 37.4. The lowest BCUT2D eigenvalue weighted by Crippen LogP contribution is -2.46. The van der Waals surface area contributed by atoms with Crippen LogP contribution < -0.4 is 10.6 Å². The summed E-state index contributed by atoms with van der Waals surface area (Å²) in [6.07, 6.45) is 18.5. The first kappa shape index (κ1) is 27.5. The Balaban J connectivity index is 2.71. The number of alkyl carbamates (subject to hydrolysis) is 1. The summed E-state index contributed by atoms with van der Waals surface area (Å²) in [6, 6.07) is 0. The smallest absolute Gasteiger partial charge is 0.408 e. The van der Waals surface area contributed by atoms with Crippen LogP contribution in [0, 0.1) is 5.92 Å². The van der Waals surface area contributed by atoms with E-state index in [1.807, 2.05) is 56.4 Å². The van der Waals surface area contributed by atoms with Gasteiger partial charge in [-0.1, -0.05) is 74.2 Å². The van der Waals surface area contributed by atoms with Gasteiger partial charge >= 0.3 is 6.09 Å². The van der Waals surface area contributed by atoms with Crippen LogP contribution >= 0.6 is 11.8 Å². The molecule has 2 amide bonds. The number of hydrogen-bond acceptors (Lipinski definition) is 5. The van der Waals surface area contributed by atoms with Gasteiger partial charge in [0, 0.05) is 6.42 Å². The Hall–Kier alpha value is -2.54. The molecule has 2 atom stereocenters. The molecule has 0 saturated carbocycles. The van der Waals surface area contributed by atoms with Gasteiger partial charge in [-0.3, -0.25) is 9.59 Å². The number of allylic oxidation sites excluding steroid dienone is 8. The number of carbonyl (C=O) groups excluding carboxylic acids is 3. The summed E-state index contributed by atoms with van der Waals surface area (Å²) in [7, 11) is 0. The molecule has 0 radical (unpaired) electrons. The number of nitrogens with one attached hydrogen (secondary N) is 2. The zero-order chi connectivity index (χ0) is 23.8. The van der Waals surface area contributed by atoms with Gasteiger partial charge in [-0.05, 0) is 49.5 Å². The van der Waals surface area contributed by atoms with Crippen molar-refractivity contribution in [1.82, 2.24) is 10.6 Å². The molecule has 0 saturated heterocycles. The fourth-order valence-corrected chi connectivity index (χ4v) is 3.56. The molecule has 0 spiro atoms. The second-order valence-electron chi connectivity index (χ2n) is 7.53. The molecule has 0 bridgehead atoms. The molecule has 176 valence electrons. The van der Waals surface area contributed by atoms with E-state index in [4.69, 9.17) is 4.74 Å². The summed E-state index contributed by atoms with van der Waals surface area (Å²) in [5, 5.41) is 4.33. The van der Waals surface area contributed by atoms with Crippen LogP contribution in [-0.4, -0.2) is 36.3 Å². The average molecular weight is 461 g/mol. The molecule has 0 fully saturated rings. The van der Waals surface area contributed by atoms with Gasteiger partial charge in [-0.2, -0.15) is 0 Å². The quantitative estimate of drug-likeness (QED) is 0.291. The van der Waals surface area contributed by atoms with E-state index in [2.05, 4.69) is 23.6 Å². The Bertz CT molecular complexity index is 781. The van der Waals surface area contributed by atoms with Gasteiger partial charge in [0.15, 0.2) is 11.2 Å². The average Bonchev–Trinajstić information content (AvgIpc) is 2.80. The van der Waals surface area contributed by atoms with Crippen molar-refractivity contribution in [3.63, 3.8) is 0 Å². The summed E-state index contributed by atoms with van der Waals surface area (Å²) < 4.78 is 5.28. The Labute approximate surface area is 196 Å². The summed E-state index contributed by atoms with van der Waals surface area (Å²) in [5.41, 5.74) is 0.935. The number of thioether (sulfide) groups is 1. The molecule has 6 nitrogen and oxygen atoms in total. The molecule has 0 aromatic rings. The Kier molecular flexibility index (Phi) is 13.9. The van der Waals surface area contributed by atoms with Gasteiger partial charge < -0.3 is 15.4 Å². The number of hydrogen-bond donors (Lipinski definition) is 2. The SMILES string of the molecule is C/C=C\C=C/C(C)CC=C(C)SC(NC(=O)OCC1=CCCC=C1)C(=O)NCC(=O)CC. The molecule has 0 aromatic heterocycles. The highest BCUT2D eigenvalue weighted by atomic mass is 32.2. The highest BCUT2D eigenvalue weighted by Gasteiger charge is 2.23. The van der Waals surface area contributed by atoms with E-state index >= 15 is 0 Å². The molecule has 32 heavy (non-hydrogen) atoms. The molecule has 1 aliphatic carbocycles. The Morgan fingerprint density at radius 2 is 2.03 bits per heavy atom. The van der Waals surface area contributed by atoms with E-state index < -0.39 is 17.4 Å². The monoisotopic (exact) mass is 460 g/mol. The first-order valence-electron chi connectivity index (χ1n) is 11.1. The number of Topliss-reactive ketones (excluding diaryl/α,β-unsaturated/α-hetero) is 1. The van der Waals surface area contributed by atoms with Gasteiger partial charge in [0.1, 0.15) is 6.61 Å². The lowest BCUT2D eigenvalue weighted by atomic mass is 10.1. The molecule has 0 aromatic carbocycles. The van der Waals surface area contributed by atoms with Crippen molar-refractivity contribution in [1.29, 1.82) is 0 Å². The van der Waals surface area contributed by atoms with Crippen LogP contribution in [0.4, 0.5) is 4.79 Å². The maximum absolute atomic E-state index is 12.6. The third kappa shape index (κ3) is 12.3. The largest absolute Gasteiger partial charge is 0.445 e. The van der Waals surface area contributed by atoms with Gasteiger partial charge in [0.25, 0.3) is 5.91 Å². The fraction of sp³-hybridized carbons (Fsp3) is 0.480. The van der Waals surface area contributed by atoms with Crippen LogP contribution in [0.5, 0.6) is 0 Å². The number of carbonyl (C=O) groups is 3. The van der Waals surface area contributed by atoms with Gasteiger partial charge in [0.2, 0.25) is 0 Å². The zero-order valence-corrected chi connectivity index (χ0v) is 20.4. The molecule has 0 aliphatic heterocycles. The zero-order valence-electron chi connectivity index (χ0n) is 19.6. The Morgan fingerprint density at radius 1 is 1.25 bits per heavy atom. The van der Waals surface area contributed by atoms with Crippen LogP contribution in [0.15, 0.2) is 59.1 Å². The van der Waals surface area contributed by atoms with E-state index in [-0.39, 0.29) is 18.9 Å². The number of ketones is 1. The van der Waals surface area contributed by atoms with E-state index in [9.17, 15) is 14.4 Å². The lowest BCUT2D eigenvalue weighted by Gasteiger charge is -2.18. The van der Waals surface area contributed by atoms with Gasteiger partial charge in [-0.15, -0.1) is 0 Å². The van der Waals surface area contributed by atoms with E-state index in [1.165, 1.54) is 11.8 Å². The molecule has 2 unspecified atom stereocenters. The lowest BCUT2D eigenvalue weighted by molar-refractivity contribution is -0.125. The summed E-state index contributed by atoms with van der Waals surface area (Å²) >= 11 is 1.23. The van der Waals surface area contributed by atoms with Crippen molar-refractivity contribution >= 4 is 29.5 Å². The van der Waals surface area contributed by atoms with Crippen LogP contribution in [0.2, 0.25) is 0 Å². The number of rotatable bonds is 13. The van der Waals surface area contributed by atoms with Gasteiger partial charge in [0.05, 0.1) is 6.54 Å². The summed E-state index contributed by atoms with van der Waals surface area (Å²) in [6.45, 7) is 7.81. The fourth-order valence-electron chi connectivity index (χ4n) is 2.65. The van der Waals surface area contributed by atoms with E-state index in [0.717, 1.165) is 29.7 Å². The van der Waals surface area contributed by atoms with Crippen molar-refractivity contribution in [2.45, 2.75) is 58.8 Å². The first-order valence-corrected chi connectivity index (χ1v) is 11.9. The van der Waals surface area contributed by atoms with Gasteiger partial charge in [-0.25, -0.2) is 4.79 Å². The van der Waals surface area contributed by atoms with Crippen molar-refractivity contribution in [2.24, 2.45) is 5.92 Å². The van der Waals surface area contributed by atoms with Crippen LogP contribution in [0.3, 0.4) is 0 Å². The third-order valence-electron chi connectivity index (χ3n) is 4.61. The number of ether oxygens (including phenoxy) is 1. The highest BCUT2D eigenvalue weighted by molar-refractivity contribution is 8.04. The summed E-state index contributed by atoms with van der Waals surface area (Å²) in [5.74, 6) is -0.167. The van der Waals surface area contributed by atoms with Crippen LogP contribution in [0.1, 0.15) is 53.4 Å². The normalized spacial score (nSPS) is 16.0. The number of amides is 2. The van der Waals surface area contributed by atoms with Crippen LogP contribution in [0.25, 0.3) is 0 Å². The van der Waals surface area contributed by atoms with Crippen molar-refractivity contribution in [3.05, 3.63) is 59.1 Å². The maximum atomic E-state index is 12.6. The van der Waals surface area contributed by atoms with Crippen molar-refractivity contribution < 1.29 is 19.1 Å². The second kappa shape index (κ2) is 16.1. The standard InChI is InChI=1S/C25H36N2O4S/c1-5-7-9-12-19(3)15-16-20(4)32-24(23(29)26-17-22(28)6-2)27-25(30)31-18-21-13-10-8-11-14-21/h5,7,9-10,12-14,16,19,24H,6,8,11,15,17-18H2,1-4H3,(H,26,29)(H,27,30)/b7-5-,12-9-,20-16?. The molecule has 7 heteroatoms. The van der Waals surface area contributed by atoms with E-state index in [0.29, 0.717) is 12.3 Å². The minimum Gasteiger partial charge on any atom is -0.445 e. The topological polar surface area (TPSA) is 84.5 Å². The van der Waals surface area contributed by atoms with Crippen molar-refractivity contribution in [3.8, 4) is 0 Å². The maximum Gasteiger partial charge on any atom is 0.408 e. The molecule has 2 N–H and O–H groups in total. The predicted molar refractivity (Wildman–Crippen MR) is 132 cm³/mol. The minimum atomic E-state index is -0.895. The predicted octanol–water partition coefficient (Wildman–Crippen LogP) is 5.21. The highest BCUT2D eigenvalue weighted by Crippen LogP contribution is 2.22. The minimum absolute atomic E-state index is 0.0592. The van der Waals surface area contributed by atoms with E-state index in [1.54, 1.807) is 6.92 Å². The molecular formula is C25H36N2O4S. The second-order valence-corrected chi connectivity index (χ2v) is 8.88.